The SMILES string of the molecule is COc1ccc(Nc2nc(N/N=C\c3ccc(OCc4ccccc4C)c(OC)c3)nc(N3CCC(Cc4ccccc4)CC3)n2)cc1. The molecule has 0 saturated carbocycles. The van der Waals surface area contributed by atoms with Crippen molar-refractivity contribution in [1.82, 2.24) is 15.0 Å². The number of rotatable bonds is 13. The van der Waals surface area contributed by atoms with Gasteiger partial charge in [-0.25, -0.2) is 5.43 Å². The Bertz CT molecular complexity index is 1810. The number of hydrazone groups is 1. The van der Waals surface area contributed by atoms with Crippen LogP contribution in [0.5, 0.6) is 17.2 Å². The van der Waals surface area contributed by atoms with Crippen molar-refractivity contribution < 1.29 is 14.2 Å². The van der Waals surface area contributed by atoms with Crippen LogP contribution in [0.4, 0.5) is 23.5 Å². The van der Waals surface area contributed by atoms with E-state index in [2.05, 4.69) is 75.1 Å². The van der Waals surface area contributed by atoms with Gasteiger partial charge in [0.05, 0.1) is 20.4 Å². The second kappa shape index (κ2) is 15.8. The van der Waals surface area contributed by atoms with Crippen LogP contribution in [0.3, 0.4) is 0 Å². The standard InChI is InChI=1S/C38H41N7O3/c1-27-9-7-8-12-31(27)26-48-34-18-13-30(24-35(34)47-3)25-39-44-37-41-36(40-32-14-16-33(46-2)17-15-32)42-38(43-37)45-21-19-29(20-22-45)23-28-10-5-4-6-11-28/h4-18,24-25,29H,19-23,26H2,1-3H3,(H2,40,41,42,43,44)/b39-25-. The Kier molecular flexibility index (Phi) is 10.6. The molecule has 0 aliphatic carbocycles. The molecular weight excluding hydrogens is 602 g/mol. The third-order valence-corrected chi connectivity index (χ3v) is 8.44. The van der Waals surface area contributed by atoms with E-state index in [1.807, 2.05) is 54.6 Å². The first-order chi connectivity index (χ1) is 23.6. The third kappa shape index (κ3) is 8.58. The molecule has 1 aromatic heterocycles. The topological polar surface area (TPSA) is 106 Å². The highest BCUT2D eigenvalue weighted by Crippen LogP contribution is 2.29. The van der Waals surface area contributed by atoms with Crippen LogP contribution in [-0.2, 0) is 13.0 Å². The number of anilines is 4. The first kappa shape index (κ1) is 32.3. The Balaban J connectivity index is 1.15. The summed E-state index contributed by atoms with van der Waals surface area (Å²) in [5.74, 6) is 4.05. The van der Waals surface area contributed by atoms with Crippen molar-refractivity contribution >= 4 is 29.7 Å². The fourth-order valence-corrected chi connectivity index (χ4v) is 5.68. The Morgan fingerprint density at radius 3 is 2.31 bits per heavy atom. The smallest absolute Gasteiger partial charge is 0.250 e. The number of ether oxygens (including phenoxy) is 3. The molecule has 0 radical (unpaired) electrons. The monoisotopic (exact) mass is 643 g/mol. The molecular formula is C38H41N7O3. The molecule has 2 heterocycles. The zero-order valence-electron chi connectivity index (χ0n) is 27.6. The Hall–Kier alpha value is -5.64. The quantitative estimate of drug-likeness (QED) is 0.100. The minimum atomic E-state index is 0.337. The van der Waals surface area contributed by atoms with E-state index >= 15 is 0 Å². The van der Waals surface area contributed by atoms with Crippen molar-refractivity contribution in [3.05, 3.63) is 119 Å². The average molecular weight is 644 g/mol. The van der Waals surface area contributed by atoms with Crippen LogP contribution in [-0.4, -0.2) is 48.5 Å². The zero-order valence-corrected chi connectivity index (χ0v) is 27.6. The van der Waals surface area contributed by atoms with Gasteiger partial charge in [-0.3, -0.25) is 0 Å². The molecule has 6 rings (SSSR count). The first-order valence-corrected chi connectivity index (χ1v) is 16.2. The average Bonchev–Trinajstić information content (AvgIpc) is 3.12. The van der Waals surface area contributed by atoms with Gasteiger partial charge in [-0.15, -0.1) is 0 Å². The molecule has 1 fully saturated rings. The largest absolute Gasteiger partial charge is 0.497 e. The van der Waals surface area contributed by atoms with Gasteiger partial charge >= 0.3 is 0 Å². The van der Waals surface area contributed by atoms with Crippen molar-refractivity contribution in [3.8, 4) is 17.2 Å². The Morgan fingerprint density at radius 2 is 1.56 bits per heavy atom. The van der Waals surface area contributed by atoms with E-state index in [9.17, 15) is 0 Å². The lowest BCUT2D eigenvalue weighted by Gasteiger charge is -2.32. The number of hydrogen-bond acceptors (Lipinski definition) is 10. The maximum Gasteiger partial charge on any atom is 0.250 e. The molecule has 10 nitrogen and oxygen atoms in total. The number of aromatic nitrogens is 3. The van der Waals surface area contributed by atoms with Crippen LogP contribution in [0.25, 0.3) is 0 Å². The van der Waals surface area contributed by atoms with Crippen LogP contribution < -0.4 is 29.9 Å². The Labute approximate surface area is 281 Å². The number of aryl methyl sites for hydroxylation is 1. The van der Waals surface area contributed by atoms with Gasteiger partial charge in [-0.1, -0.05) is 54.6 Å². The molecule has 48 heavy (non-hydrogen) atoms. The van der Waals surface area contributed by atoms with E-state index in [-0.39, 0.29) is 0 Å². The number of piperidine rings is 1. The fourth-order valence-electron chi connectivity index (χ4n) is 5.68. The van der Waals surface area contributed by atoms with Crippen LogP contribution in [0.15, 0.2) is 102 Å². The lowest BCUT2D eigenvalue weighted by atomic mass is 9.90. The van der Waals surface area contributed by atoms with Gasteiger partial charge in [0, 0.05) is 18.8 Å². The predicted molar refractivity (Wildman–Crippen MR) is 191 cm³/mol. The summed E-state index contributed by atoms with van der Waals surface area (Å²) in [4.78, 5) is 16.4. The minimum Gasteiger partial charge on any atom is -0.497 e. The molecule has 0 amide bonds. The molecule has 4 aromatic carbocycles. The maximum absolute atomic E-state index is 6.07. The van der Waals surface area contributed by atoms with Crippen molar-refractivity contribution in [3.63, 3.8) is 0 Å². The van der Waals surface area contributed by atoms with Gasteiger partial charge in [0.15, 0.2) is 11.5 Å². The fraction of sp³-hybridized carbons (Fsp3) is 0.263. The highest BCUT2D eigenvalue weighted by molar-refractivity contribution is 5.81. The summed E-state index contributed by atoms with van der Waals surface area (Å²) < 4.78 is 17.0. The molecule has 1 aliphatic rings. The lowest BCUT2D eigenvalue weighted by Crippen LogP contribution is -2.35. The highest BCUT2D eigenvalue weighted by Gasteiger charge is 2.22. The summed E-state index contributed by atoms with van der Waals surface area (Å²) in [5, 5.41) is 7.76. The zero-order chi connectivity index (χ0) is 33.1. The van der Waals surface area contributed by atoms with Crippen LogP contribution >= 0.6 is 0 Å². The summed E-state index contributed by atoms with van der Waals surface area (Å²) >= 11 is 0. The molecule has 1 aliphatic heterocycles. The minimum absolute atomic E-state index is 0.337. The van der Waals surface area contributed by atoms with Crippen molar-refractivity contribution in [2.24, 2.45) is 11.0 Å². The molecule has 5 aromatic rings. The normalized spacial score (nSPS) is 13.4. The molecule has 0 bridgehead atoms. The number of hydrogen-bond donors (Lipinski definition) is 2. The molecule has 0 spiro atoms. The lowest BCUT2D eigenvalue weighted by molar-refractivity contribution is 0.284. The molecule has 0 unspecified atom stereocenters. The van der Waals surface area contributed by atoms with E-state index in [0.717, 1.165) is 54.9 Å². The van der Waals surface area contributed by atoms with Crippen LogP contribution in [0, 0.1) is 12.8 Å². The van der Waals surface area contributed by atoms with Gasteiger partial charge in [0.25, 0.3) is 0 Å². The maximum atomic E-state index is 6.07. The van der Waals surface area contributed by atoms with Gasteiger partial charge in [-0.05, 0) is 96.8 Å². The van der Waals surface area contributed by atoms with Gasteiger partial charge in [-0.2, -0.15) is 20.1 Å². The van der Waals surface area contributed by atoms with Crippen molar-refractivity contribution in [1.29, 1.82) is 0 Å². The van der Waals surface area contributed by atoms with E-state index in [1.54, 1.807) is 20.4 Å². The van der Waals surface area contributed by atoms with Gasteiger partial charge in [0.2, 0.25) is 17.8 Å². The summed E-state index contributed by atoms with van der Waals surface area (Å²) in [5.41, 5.74) is 8.37. The van der Waals surface area contributed by atoms with Gasteiger partial charge in [0.1, 0.15) is 12.4 Å². The molecule has 2 N–H and O–H groups in total. The number of benzene rings is 4. The summed E-state index contributed by atoms with van der Waals surface area (Å²) in [6, 6.07) is 32.2. The van der Waals surface area contributed by atoms with Crippen LogP contribution in [0.2, 0.25) is 0 Å². The molecule has 10 heteroatoms. The second-order valence-electron chi connectivity index (χ2n) is 11.8. The summed E-state index contributed by atoms with van der Waals surface area (Å²) in [6.45, 7) is 4.26. The van der Waals surface area contributed by atoms with Gasteiger partial charge < -0.3 is 24.4 Å². The third-order valence-electron chi connectivity index (χ3n) is 8.44. The summed E-state index contributed by atoms with van der Waals surface area (Å²) in [6.07, 6.45) is 4.91. The molecule has 1 saturated heterocycles. The highest BCUT2D eigenvalue weighted by atomic mass is 16.5. The number of methoxy groups -OCH3 is 2. The second-order valence-corrected chi connectivity index (χ2v) is 11.8. The van der Waals surface area contributed by atoms with E-state index in [1.165, 1.54) is 11.1 Å². The van der Waals surface area contributed by atoms with E-state index in [0.29, 0.717) is 41.9 Å². The number of nitrogens with one attached hydrogen (secondary N) is 2. The van der Waals surface area contributed by atoms with E-state index in [4.69, 9.17) is 24.2 Å². The van der Waals surface area contributed by atoms with Crippen molar-refractivity contribution in [2.45, 2.75) is 32.8 Å². The van der Waals surface area contributed by atoms with E-state index < -0.39 is 0 Å². The Morgan fingerprint density at radius 1 is 0.812 bits per heavy atom. The summed E-state index contributed by atoms with van der Waals surface area (Å²) in [7, 11) is 3.27. The van der Waals surface area contributed by atoms with Crippen LogP contribution in [0.1, 0.15) is 35.1 Å². The van der Waals surface area contributed by atoms with Crippen molar-refractivity contribution in [2.75, 3.05) is 43.0 Å². The number of nitrogens with zero attached hydrogens (tertiary/aromatic N) is 5. The molecule has 0 atom stereocenters. The molecule has 246 valence electrons. The predicted octanol–water partition coefficient (Wildman–Crippen LogP) is 7.42. The first-order valence-electron chi connectivity index (χ1n) is 16.2.